The molecular formula is C25H30N4O6S. The predicted molar refractivity (Wildman–Crippen MR) is 133 cm³/mol. The predicted octanol–water partition coefficient (Wildman–Crippen LogP) is 2.35. The molecular weight excluding hydrogens is 484 g/mol. The second-order valence-electron chi connectivity index (χ2n) is 9.80. The van der Waals surface area contributed by atoms with Crippen LogP contribution in [-0.4, -0.2) is 66.8 Å². The molecule has 10 nitrogen and oxygen atoms in total. The second-order valence-corrected chi connectivity index (χ2v) is 11.8. The molecule has 1 aromatic heterocycles. The third-order valence-corrected chi connectivity index (χ3v) is 9.06. The van der Waals surface area contributed by atoms with Crippen molar-refractivity contribution in [3.63, 3.8) is 0 Å². The molecule has 4 atom stereocenters. The molecule has 0 bridgehead atoms. The topological polar surface area (TPSA) is 127 Å². The molecule has 3 fully saturated rings. The summed E-state index contributed by atoms with van der Waals surface area (Å²) in [6, 6.07) is 6.92. The van der Waals surface area contributed by atoms with Gasteiger partial charge in [-0.25, -0.2) is 18.2 Å². The maximum absolute atomic E-state index is 13.2. The Hall–Kier alpha value is -3.34. The summed E-state index contributed by atoms with van der Waals surface area (Å²) < 4.78 is 38.3. The van der Waals surface area contributed by atoms with Gasteiger partial charge < -0.3 is 19.7 Å². The van der Waals surface area contributed by atoms with Crippen LogP contribution in [0.4, 0.5) is 4.79 Å². The van der Waals surface area contributed by atoms with E-state index >= 15 is 0 Å². The highest BCUT2D eigenvalue weighted by Crippen LogP contribution is 2.45. The van der Waals surface area contributed by atoms with Crippen LogP contribution in [0.2, 0.25) is 0 Å². The zero-order valence-corrected chi connectivity index (χ0v) is 21.1. The van der Waals surface area contributed by atoms with Crippen LogP contribution in [0.25, 0.3) is 10.8 Å². The number of sulfonamides is 1. The number of hydrogen-bond acceptors (Lipinski definition) is 7. The third-order valence-electron chi connectivity index (χ3n) is 7.24. The van der Waals surface area contributed by atoms with Crippen LogP contribution in [0.1, 0.15) is 32.6 Å². The Labute approximate surface area is 210 Å². The number of fused-ring (bicyclic) bond motifs is 1. The number of pyridine rings is 1. The van der Waals surface area contributed by atoms with Crippen molar-refractivity contribution in [2.75, 3.05) is 13.7 Å². The van der Waals surface area contributed by atoms with Crippen LogP contribution in [0.15, 0.2) is 43.1 Å². The second kappa shape index (κ2) is 8.95. The van der Waals surface area contributed by atoms with Gasteiger partial charge in [0.05, 0.1) is 18.9 Å². The first-order valence-electron chi connectivity index (χ1n) is 12.0. The SMILES string of the molecule is C=C[C@@H]1C[C@]1(NC(=O)N1CC(Oc2nccc3cc(OC)ccc23)C[C@H]1C)C(=O)NS(=O)(=O)C1CC1. The quantitative estimate of drug-likeness (QED) is 0.518. The van der Waals surface area contributed by atoms with Gasteiger partial charge in [0, 0.05) is 30.0 Å². The van der Waals surface area contributed by atoms with Crippen molar-refractivity contribution >= 4 is 32.7 Å². The van der Waals surface area contributed by atoms with Crippen LogP contribution < -0.4 is 19.5 Å². The lowest BCUT2D eigenvalue weighted by Gasteiger charge is -2.26. The summed E-state index contributed by atoms with van der Waals surface area (Å²) in [5, 5.41) is 4.04. The number of aromatic nitrogens is 1. The van der Waals surface area contributed by atoms with Gasteiger partial charge in [0.25, 0.3) is 5.91 Å². The number of ether oxygens (including phenoxy) is 2. The first-order chi connectivity index (χ1) is 17.2. The van der Waals surface area contributed by atoms with Gasteiger partial charge in [-0.05, 0) is 55.8 Å². The summed E-state index contributed by atoms with van der Waals surface area (Å²) in [5.74, 6) is 0.169. The van der Waals surface area contributed by atoms with Crippen molar-refractivity contribution in [2.45, 2.75) is 55.5 Å². The number of amides is 3. The van der Waals surface area contributed by atoms with Crippen molar-refractivity contribution < 1.29 is 27.5 Å². The third kappa shape index (κ3) is 4.47. The van der Waals surface area contributed by atoms with Crippen LogP contribution in [-0.2, 0) is 14.8 Å². The maximum atomic E-state index is 13.2. The summed E-state index contributed by atoms with van der Waals surface area (Å²) in [6.45, 7) is 5.94. The molecule has 0 radical (unpaired) electrons. The van der Waals surface area contributed by atoms with Crippen molar-refractivity contribution in [3.05, 3.63) is 43.1 Å². The Kier molecular flexibility index (Phi) is 6.06. The molecule has 36 heavy (non-hydrogen) atoms. The number of nitrogens with zero attached hydrogens (tertiary/aromatic N) is 2. The number of hydrogen-bond donors (Lipinski definition) is 2. The minimum Gasteiger partial charge on any atom is -0.497 e. The highest BCUT2D eigenvalue weighted by atomic mass is 32.2. The number of likely N-dealkylation sites (tertiary alicyclic amines) is 1. The minimum absolute atomic E-state index is 0.152. The lowest BCUT2D eigenvalue weighted by Crippen LogP contribution is -2.56. The molecule has 1 aliphatic heterocycles. The Morgan fingerprint density at radius 3 is 2.72 bits per heavy atom. The normalized spacial score (nSPS) is 27.4. The molecule has 11 heteroatoms. The fourth-order valence-corrected chi connectivity index (χ4v) is 6.20. The van der Waals surface area contributed by atoms with E-state index in [0.717, 1.165) is 16.5 Å². The van der Waals surface area contributed by atoms with Crippen LogP contribution in [0, 0.1) is 5.92 Å². The van der Waals surface area contributed by atoms with E-state index in [9.17, 15) is 18.0 Å². The van der Waals surface area contributed by atoms with E-state index in [2.05, 4.69) is 21.6 Å². The Bertz CT molecular complexity index is 1330. The van der Waals surface area contributed by atoms with Gasteiger partial charge >= 0.3 is 6.03 Å². The highest BCUT2D eigenvalue weighted by molar-refractivity contribution is 7.91. The van der Waals surface area contributed by atoms with Gasteiger partial charge in [-0.15, -0.1) is 6.58 Å². The van der Waals surface area contributed by atoms with Crippen LogP contribution in [0.3, 0.4) is 0 Å². The molecule has 5 rings (SSSR count). The minimum atomic E-state index is -3.73. The molecule has 2 aliphatic carbocycles. The Morgan fingerprint density at radius 2 is 2.06 bits per heavy atom. The molecule has 2 N–H and O–H groups in total. The lowest BCUT2D eigenvalue weighted by molar-refractivity contribution is -0.122. The Morgan fingerprint density at radius 1 is 1.28 bits per heavy atom. The van der Waals surface area contributed by atoms with E-state index in [1.807, 2.05) is 31.2 Å². The molecule has 3 aliphatic rings. The van der Waals surface area contributed by atoms with E-state index < -0.39 is 32.8 Å². The van der Waals surface area contributed by atoms with Gasteiger partial charge in [-0.3, -0.25) is 9.52 Å². The average Bonchev–Trinajstić information content (AvgIpc) is 3.76. The van der Waals surface area contributed by atoms with Crippen LogP contribution in [0.5, 0.6) is 11.6 Å². The zero-order chi connectivity index (χ0) is 25.7. The Balaban J connectivity index is 1.27. The summed E-state index contributed by atoms with van der Waals surface area (Å²) in [4.78, 5) is 32.2. The maximum Gasteiger partial charge on any atom is 0.318 e. The van der Waals surface area contributed by atoms with E-state index in [-0.39, 0.29) is 18.1 Å². The molecule has 2 saturated carbocycles. The number of nitrogens with one attached hydrogen (secondary N) is 2. The lowest BCUT2D eigenvalue weighted by atomic mass is 10.1. The molecule has 1 aromatic carbocycles. The number of carbonyl (C=O) groups is 2. The van der Waals surface area contributed by atoms with Crippen molar-refractivity contribution in [1.82, 2.24) is 19.9 Å². The molecule has 192 valence electrons. The summed E-state index contributed by atoms with van der Waals surface area (Å²) in [7, 11) is -2.12. The van der Waals surface area contributed by atoms with Crippen molar-refractivity contribution in [1.29, 1.82) is 0 Å². The summed E-state index contributed by atoms with van der Waals surface area (Å²) in [6.07, 6.45) is 4.92. The van der Waals surface area contributed by atoms with Gasteiger partial charge in [0.1, 0.15) is 17.4 Å². The van der Waals surface area contributed by atoms with Crippen molar-refractivity contribution in [2.24, 2.45) is 5.92 Å². The summed E-state index contributed by atoms with van der Waals surface area (Å²) >= 11 is 0. The monoisotopic (exact) mass is 514 g/mol. The average molecular weight is 515 g/mol. The summed E-state index contributed by atoms with van der Waals surface area (Å²) in [5.41, 5.74) is -1.31. The fraction of sp³-hybridized carbons (Fsp3) is 0.480. The molecule has 0 spiro atoms. The van der Waals surface area contributed by atoms with Crippen LogP contribution >= 0.6 is 0 Å². The standard InChI is InChI=1S/C25H30N4O6S/c1-4-17-13-25(17,23(30)28-36(32,33)20-6-7-20)27-24(31)29-14-19(11-15(29)2)35-22-21-8-5-18(34-3)12-16(21)9-10-26-22/h4-5,8-10,12,15,17,19-20H,1,6-7,11,13-14H2,2-3H3,(H,27,31)(H,28,30)/t15-,17-,19?,25-/m1/s1. The van der Waals surface area contributed by atoms with E-state index in [0.29, 0.717) is 38.1 Å². The van der Waals surface area contributed by atoms with Crippen molar-refractivity contribution in [3.8, 4) is 11.6 Å². The van der Waals surface area contributed by atoms with E-state index in [4.69, 9.17) is 9.47 Å². The molecule has 2 aromatic rings. The molecule has 2 heterocycles. The van der Waals surface area contributed by atoms with Gasteiger partial charge in [0.2, 0.25) is 15.9 Å². The number of benzene rings is 1. The first kappa shape index (κ1) is 24.4. The zero-order valence-electron chi connectivity index (χ0n) is 20.3. The molecule has 1 saturated heterocycles. The number of rotatable bonds is 8. The van der Waals surface area contributed by atoms with Gasteiger partial charge in [0.15, 0.2) is 0 Å². The molecule has 3 amide bonds. The highest BCUT2D eigenvalue weighted by Gasteiger charge is 2.61. The smallest absolute Gasteiger partial charge is 0.318 e. The largest absolute Gasteiger partial charge is 0.497 e. The number of carbonyl (C=O) groups excluding carboxylic acids is 2. The van der Waals surface area contributed by atoms with E-state index in [1.165, 1.54) is 0 Å². The fourth-order valence-electron chi connectivity index (χ4n) is 4.84. The van der Waals surface area contributed by atoms with E-state index in [1.54, 1.807) is 24.3 Å². The van der Waals surface area contributed by atoms with Gasteiger partial charge in [-0.1, -0.05) is 6.08 Å². The molecule has 1 unspecified atom stereocenters. The number of urea groups is 1. The van der Waals surface area contributed by atoms with Gasteiger partial charge in [-0.2, -0.15) is 0 Å². The number of methoxy groups -OCH3 is 1. The first-order valence-corrected chi connectivity index (χ1v) is 13.6.